The van der Waals surface area contributed by atoms with E-state index in [1.807, 2.05) is 4.90 Å². The van der Waals surface area contributed by atoms with Gasteiger partial charge in [0.15, 0.2) is 0 Å². The molecule has 0 saturated heterocycles. The Hall–Kier alpha value is -0.120. The van der Waals surface area contributed by atoms with Crippen LogP contribution in [0.25, 0.3) is 0 Å². The maximum atomic E-state index is 9.47. The molecule has 0 rings (SSSR count). The summed E-state index contributed by atoms with van der Waals surface area (Å²) in [5.74, 6) is 0. The number of aliphatic hydroxyl groups is 1. The van der Waals surface area contributed by atoms with E-state index in [2.05, 4.69) is 13.8 Å². The summed E-state index contributed by atoms with van der Waals surface area (Å²) in [6.07, 6.45) is 3.81. The first-order valence-corrected chi connectivity index (χ1v) is 5.21. The van der Waals surface area contributed by atoms with Crippen LogP contribution in [0.1, 0.15) is 39.5 Å². The van der Waals surface area contributed by atoms with Gasteiger partial charge in [-0.2, -0.15) is 0 Å². The van der Waals surface area contributed by atoms with Gasteiger partial charge in [0.05, 0.1) is 0 Å². The van der Waals surface area contributed by atoms with E-state index >= 15 is 0 Å². The van der Waals surface area contributed by atoms with Crippen LogP contribution >= 0.6 is 0 Å². The van der Waals surface area contributed by atoms with Crippen molar-refractivity contribution < 1.29 is 9.84 Å². The Kier molecular flexibility index (Phi) is 8.40. The van der Waals surface area contributed by atoms with Crippen LogP contribution in [0.15, 0.2) is 0 Å². The molecule has 3 heteroatoms. The Morgan fingerprint density at radius 2 is 1.62 bits per heavy atom. The van der Waals surface area contributed by atoms with Gasteiger partial charge in [-0.1, -0.05) is 26.7 Å². The van der Waals surface area contributed by atoms with E-state index < -0.39 is 6.41 Å². The molecule has 3 nitrogen and oxygen atoms in total. The normalized spacial score (nSPS) is 13.6. The first-order chi connectivity index (χ1) is 6.26. The Labute approximate surface area is 81.7 Å². The Bertz CT molecular complexity index is 101. The minimum absolute atomic E-state index is 0.724. The van der Waals surface area contributed by atoms with E-state index in [4.69, 9.17) is 4.74 Å². The highest BCUT2D eigenvalue weighted by Crippen LogP contribution is 2.03. The molecule has 0 heterocycles. The lowest BCUT2D eigenvalue weighted by molar-refractivity contribution is -0.177. The maximum Gasteiger partial charge on any atom is 0.215 e. The van der Waals surface area contributed by atoms with Gasteiger partial charge in [-0.25, -0.2) is 0 Å². The number of unbranched alkanes of at least 4 members (excludes halogenated alkanes) is 2. The third-order valence-electron chi connectivity index (χ3n) is 2.12. The highest BCUT2D eigenvalue weighted by molar-refractivity contribution is 4.55. The minimum Gasteiger partial charge on any atom is -0.356 e. The van der Waals surface area contributed by atoms with Crippen molar-refractivity contribution in [2.24, 2.45) is 0 Å². The molecule has 0 fully saturated rings. The molecule has 1 atom stereocenters. The number of ether oxygens (including phenoxy) is 1. The van der Waals surface area contributed by atoms with Crippen molar-refractivity contribution in [2.45, 2.75) is 45.9 Å². The van der Waals surface area contributed by atoms with E-state index in [1.54, 1.807) is 0 Å². The smallest absolute Gasteiger partial charge is 0.215 e. The number of methoxy groups -OCH3 is 1. The monoisotopic (exact) mass is 189 g/mol. The van der Waals surface area contributed by atoms with Crippen molar-refractivity contribution in [3.8, 4) is 0 Å². The fraction of sp³-hybridized carbons (Fsp3) is 1.00. The quantitative estimate of drug-likeness (QED) is 0.591. The number of rotatable bonds is 8. The van der Waals surface area contributed by atoms with E-state index in [0.717, 1.165) is 38.8 Å². The fourth-order valence-electron chi connectivity index (χ4n) is 1.20. The van der Waals surface area contributed by atoms with Gasteiger partial charge in [-0.3, -0.25) is 4.90 Å². The van der Waals surface area contributed by atoms with E-state index in [0.29, 0.717) is 0 Å². The second-order valence-electron chi connectivity index (χ2n) is 3.31. The van der Waals surface area contributed by atoms with E-state index in [-0.39, 0.29) is 0 Å². The van der Waals surface area contributed by atoms with Crippen LogP contribution in [-0.4, -0.2) is 36.6 Å². The molecule has 1 unspecified atom stereocenters. The van der Waals surface area contributed by atoms with Gasteiger partial charge in [0.2, 0.25) is 6.41 Å². The molecule has 13 heavy (non-hydrogen) atoms. The zero-order chi connectivity index (χ0) is 10.1. The number of hydrogen-bond acceptors (Lipinski definition) is 3. The molecule has 0 aliphatic heterocycles. The third kappa shape index (κ3) is 6.02. The first-order valence-electron chi connectivity index (χ1n) is 5.21. The van der Waals surface area contributed by atoms with Crippen molar-refractivity contribution in [2.75, 3.05) is 20.2 Å². The van der Waals surface area contributed by atoms with Crippen LogP contribution in [-0.2, 0) is 4.74 Å². The van der Waals surface area contributed by atoms with Gasteiger partial charge in [0.25, 0.3) is 0 Å². The third-order valence-corrected chi connectivity index (χ3v) is 2.12. The molecule has 0 aromatic carbocycles. The average Bonchev–Trinajstić information content (AvgIpc) is 2.17. The zero-order valence-corrected chi connectivity index (χ0v) is 9.12. The molecule has 0 aromatic rings. The van der Waals surface area contributed by atoms with Gasteiger partial charge in [-0.05, 0) is 12.8 Å². The Morgan fingerprint density at radius 1 is 1.15 bits per heavy atom. The van der Waals surface area contributed by atoms with Crippen molar-refractivity contribution >= 4 is 0 Å². The lowest BCUT2D eigenvalue weighted by Gasteiger charge is -2.25. The predicted octanol–water partition coefficient (Wildman–Crippen LogP) is 1.81. The van der Waals surface area contributed by atoms with Crippen LogP contribution in [0.2, 0.25) is 0 Å². The second-order valence-corrected chi connectivity index (χ2v) is 3.31. The minimum atomic E-state index is -0.724. The van der Waals surface area contributed by atoms with Crippen LogP contribution < -0.4 is 0 Å². The van der Waals surface area contributed by atoms with Crippen LogP contribution in [0, 0.1) is 0 Å². The lowest BCUT2D eigenvalue weighted by atomic mass is 10.3. The summed E-state index contributed by atoms with van der Waals surface area (Å²) in [5.41, 5.74) is 0. The van der Waals surface area contributed by atoms with Crippen molar-refractivity contribution in [3.05, 3.63) is 0 Å². The largest absolute Gasteiger partial charge is 0.356 e. The lowest BCUT2D eigenvalue weighted by Crippen LogP contribution is -2.37. The average molecular weight is 189 g/mol. The summed E-state index contributed by atoms with van der Waals surface area (Å²) in [5, 5.41) is 9.47. The summed E-state index contributed by atoms with van der Waals surface area (Å²) < 4.78 is 4.89. The van der Waals surface area contributed by atoms with Gasteiger partial charge in [0.1, 0.15) is 0 Å². The van der Waals surface area contributed by atoms with E-state index in [9.17, 15) is 5.11 Å². The molecule has 0 aliphatic carbocycles. The predicted molar refractivity (Wildman–Crippen MR) is 54.4 cm³/mol. The van der Waals surface area contributed by atoms with Gasteiger partial charge in [0, 0.05) is 20.2 Å². The first kappa shape index (κ1) is 12.9. The summed E-state index contributed by atoms with van der Waals surface area (Å²) >= 11 is 0. The van der Waals surface area contributed by atoms with E-state index in [1.165, 1.54) is 7.11 Å². The molecule has 0 amide bonds. The molecule has 0 saturated carbocycles. The molecular weight excluding hydrogens is 166 g/mol. The summed E-state index contributed by atoms with van der Waals surface area (Å²) in [4.78, 5) is 1.98. The number of hydrogen-bond donors (Lipinski definition) is 1. The summed E-state index contributed by atoms with van der Waals surface area (Å²) in [6, 6.07) is 0. The maximum absolute atomic E-state index is 9.47. The highest BCUT2D eigenvalue weighted by atomic mass is 16.6. The summed E-state index contributed by atoms with van der Waals surface area (Å²) in [6.45, 7) is 6.14. The topological polar surface area (TPSA) is 32.7 Å². The molecule has 1 N–H and O–H groups in total. The van der Waals surface area contributed by atoms with Crippen LogP contribution in [0.3, 0.4) is 0 Å². The van der Waals surface area contributed by atoms with Crippen LogP contribution in [0.5, 0.6) is 0 Å². The van der Waals surface area contributed by atoms with Gasteiger partial charge in [-0.15, -0.1) is 0 Å². The van der Waals surface area contributed by atoms with Gasteiger partial charge >= 0.3 is 0 Å². The molecular formula is C10H23NO2. The molecule has 0 bridgehead atoms. The Morgan fingerprint density at radius 3 is 1.92 bits per heavy atom. The van der Waals surface area contributed by atoms with Crippen LogP contribution in [0.4, 0.5) is 0 Å². The summed E-state index contributed by atoms with van der Waals surface area (Å²) in [7, 11) is 1.54. The Balaban J connectivity index is 3.72. The zero-order valence-electron chi connectivity index (χ0n) is 9.12. The number of nitrogens with zero attached hydrogens (tertiary/aromatic N) is 1. The van der Waals surface area contributed by atoms with Gasteiger partial charge < -0.3 is 9.84 Å². The SMILES string of the molecule is CCCCN(CCCC)C(O)OC. The van der Waals surface area contributed by atoms with Crippen molar-refractivity contribution in [1.82, 2.24) is 4.90 Å². The molecule has 0 aromatic heterocycles. The standard InChI is InChI=1S/C10H23NO2/c1-4-6-8-11(9-7-5-2)10(12)13-3/h10,12H,4-9H2,1-3H3. The van der Waals surface area contributed by atoms with Crippen molar-refractivity contribution in [1.29, 1.82) is 0 Å². The highest BCUT2D eigenvalue weighted by Gasteiger charge is 2.12. The fourth-order valence-corrected chi connectivity index (χ4v) is 1.20. The molecule has 0 radical (unpaired) electrons. The molecule has 0 aliphatic rings. The van der Waals surface area contributed by atoms with Crippen molar-refractivity contribution in [3.63, 3.8) is 0 Å². The number of aliphatic hydroxyl groups excluding tert-OH is 1. The molecule has 0 spiro atoms. The molecule has 80 valence electrons. The second kappa shape index (κ2) is 8.48.